The first-order valence-corrected chi connectivity index (χ1v) is 8.63. The minimum Gasteiger partial charge on any atom is -0.463 e. The van der Waals surface area contributed by atoms with E-state index in [4.69, 9.17) is 9.47 Å². The van der Waals surface area contributed by atoms with Gasteiger partial charge in [-0.2, -0.15) is 0 Å². The molecule has 2 amide bonds. The van der Waals surface area contributed by atoms with Crippen LogP contribution in [0.25, 0.3) is 0 Å². The lowest BCUT2D eigenvalue weighted by Gasteiger charge is -2.28. The van der Waals surface area contributed by atoms with Crippen molar-refractivity contribution in [1.29, 1.82) is 0 Å². The Labute approximate surface area is 152 Å². The number of hydrogen-bond donors (Lipinski definition) is 2. The average molecular weight is 360 g/mol. The lowest BCUT2D eigenvalue weighted by atomic mass is 10.0. The van der Waals surface area contributed by atoms with Crippen molar-refractivity contribution in [3.05, 3.63) is 46.7 Å². The van der Waals surface area contributed by atoms with Crippen LogP contribution in [0.15, 0.2) is 35.5 Å². The Morgan fingerprint density at radius 2 is 1.81 bits per heavy atom. The molecule has 1 aromatic carbocycles. The molecule has 0 bridgehead atoms. The predicted octanol–water partition coefficient (Wildman–Crippen LogP) is 1.99. The fourth-order valence-corrected chi connectivity index (χ4v) is 2.65. The van der Waals surface area contributed by atoms with Gasteiger partial charge in [-0.3, -0.25) is 4.79 Å². The molecular weight excluding hydrogens is 336 g/mol. The smallest absolute Gasteiger partial charge is 0.338 e. The lowest BCUT2D eigenvalue weighted by molar-refractivity contribution is -0.143. The molecule has 1 atom stereocenters. The van der Waals surface area contributed by atoms with Crippen molar-refractivity contribution >= 4 is 18.0 Å². The van der Waals surface area contributed by atoms with E-state index in [2.05, 4.69) is 10.6 Å². The predicted molar refractivity (Wildman–Crippen MR) is 95.2 cm³/mol. The average Bonchev–Trinajstić information content (AvgIpc) is 2.61. The molecule has 26 heavy (non-hydrogen) atoms. The second-order valence-corrected chi connectivity index (χ2v) is 6.00. The molecule has 0 unspecified atom stereocenters. The van der Waals surface area contributed by atoms with E-state index in [0.717, 1.165) is 11.1 Å². The number of carbonyl (C=O) groups is 3. The first-order valence-electron chi connectivity index (χ1n) is 8.63. The van der Waals surface area contributed by atoms with Gasteiger partial charge in [0.15, 0.2) is 0 Å². The van der Waals surface area contributed by atoms with Crippen LogP contribution in [0, 0.1) is 6.92 Å². The highest BCUT2D eigenvalue weighted by Gasteiger charge is 2.31. The highest BCUT2D eigenvalue weighted by molar-refractivity contribution is 5.94. The molecule has 2 N–H and O–H groups in total. The van der Waals surface area contributed by atoms with Gasteiger partial charge < -0.3 is 20.1 Å². The summed E-state index contributed by atoms with van der Waals surface area (Å²) in [6.07, 6.45) is 0.633. The van der Waals surface area contributed by atoms with E-state index in [1.165, 1.54) is 0 Å². The number of carbonyl (C=O) groups excluding carboxylic acids is 3. The van der Waals surface area contributed by atoms with E-state index in [1.807, 2.05) is 38.1 Å². The second-order valence-electron chi connectivity index (χ2n) is 6.00. The number of nitrogens with one attached hydrogen (secondary N) is 2. The summed E-state index contributed by atoms with van der Waals surface area (Å²) in [5.74, 6) is -0.971. The molecule has 0 aromatic heterocycles. The van der Waals surface area contributed by atoms with Crippen LogP contribution in [0.2, 0.25) is 0 Å². The summed E-state index contributed by atoms with van der Waals surface area (Å²) in [4.78, 5) is 36.1. The highest BCUT2D eigenvalue weighted by Crippen LogP contribution is 2.17. The normalized spacial score (nSPS) is 16.6. The number of amides is 2. The van der Waals surface area contributed by atoms with Crippen molar-refractivity contribution in [3.8, 4) is 0 Å². The number of hydrogen-bond acceptors (Lipinski definition) is 5. The van der Waals surface area contributed by atoms with Crippen LogP contribution < -0.4 is 10.6 Å². The van der Waals surface area contributed by atoms with Gasteiger partial charge in [-0.1, -0.05) is 36.8 Å². The molecule has 0 saturated carbocycles. The number of aryl methyl sites for hydroxylation is 1. The lowest BCUT2D eigenvalue weighted by Crippen LogP contribution is -2.51. The maximum atomic E-state index is 12.2. The molecule has 1 aromatic rings. The quantitative estimate of drug-likeness (QED) is 0.725. The zero-order chi connectivity index (χ0) is 19.1. The van der Waals surface area contributed by atoms with Gasteiger partial charge in [0.1, 0.15) is 6.61 Å². The molecule has 1 heterocycles. The van der Waals surface area contributed by atoms with Gasteiger partial charge >= 0.3 is 18.0 Å². The Balaban J connectivity index is 2.09. The van der Waals surface area contributed by atoms with Crippen LogP contribution in [0.4, 0.5) is 4.79 Å². The summed E-state index contributed by atoms with van der Waals surface area (Å²) in [6, 6.07) is 6.65. The van der Waals surface area contributed by atoms with E-state index in [9.17, 15) is 14.4 Å². The molecule has 0 saturated heterocycles. The third-order valence-corrected chi connectivity index (χ3v) is 3.99. The summed E-state index contributed by atoms with van der Waals surface area (Å²) >= 11 is 0. The molecule has 0 radical (unpaired) electrons. The zero-order valence-corrected chi connectivity index (χ0v) is 15.3. The summed E-state index contributed by atoms with van der Waals surface area (Å²) < 4.78 is 10.3. The zero-order valence-electron chi connectivity index (χ0n) is 15.3. The van der Waals surface area contributed by atoms with Gasteiger partial charge in [0.05, 0.1) is 30.3 Å². The maximum Gasteiger partial charge on any atom is 0.338 e. The Kier molecular flexibility index (Phi) is 6.77. The summed E-state index contributed by atoms with van der Waals surface area (Å²) in [5, 5.41) is 5.22. The van der Waals surface area contributed by atoms with Crippen molar-refractivity contribution in [2.24, 2.45) is 0 Å². The first kappa shape index (κ1) is 19.5. The van der Waals surface area contributed by atoms with Crippen LogP contribution in [-0.4, -0.2) is 37.2 Å². The Hall–Kier alpha value is -2.83. The molecule has 1 aliphatic heterocycles. The maximum absolute atomic E-state index is 12.2. The van der Waals surface area contributed by atoms with Gasteiger partial charge in [-0.05, 0) is 25.8 Å². The Morgan fingerprint density at radius 3 is 2.42 bits per heavy atom. The minimum absolute atomic E-state index is 0.117. The number of urea groups is 1. The fraction of sp³-hybridized carbons (Fsp3) is 0.421. The van der Waals surface area contributed by atoms with Gasteiger partial charge in [-0.25, -0.2) is 9.59 Å². The number of rotatable bonds is 7. The second kappa shape index (κ2) is 9.03. The fourth-order valence-electron chi connectivity index (χ4n) is 2.65. The number of benzene rings is 1. The van der Waals surface area contributed by atoms with E-state index in [-0.39, 0.29) is 30.9 Å². The molecule has 140 valence electrons. The van der Waals surface area contributed by atoms with Gasteiger partial charge in [0, 0.05) is 0 Å². The summed E-state index contributed by atoms with van der Waals surface area (Å²) in [7, 11) is 0. The molecule has 7 nitrogen and oxygen atoms in total. The number of esters is 2. The van der Waals surface area contributed by atoms with E-state index in [1.54, 1.807) is 6.92 Å². The van der Waals surface area contributed by atoms with Crippen molar-refractivity contribution in [2.45, 2.75) is 39.7 Å². The van der Waals surface area contributed by atoms with Gasteiger partial charge in [0.2, 0.25) is 0 Å². The standard InChI is InChI=1S/C19H24N2O5/c1-4-14-17(18(23)25-5-2)15(21-19(24)20-14)11-26-16(22)10-13-8-6-12(3)7-9-13/h6-9,14H,4-5,10-11H2,1-3H3,(H2,20,21,24)/t14-/m0/s1. The Morgan fingerprint density at radius 1 is 1.12 bits per heavy atom. The molecule has 0 aliphatic carbocycles. The molecule has 2 rings (SSSR count). The highest BCUT2D eigenvalue weighted by atomic mass is 16.5. The molecule has 1 aliphatic rings. The largest absolute Gasteiger partial charge is 0.463 e. The number of ether oxygens (including phenoxy) is 2. The van der Waals surface area contributed by atoms with Gasteiger partial charge in [-0.15, -0.1) is 0 Å². The van der Waals surface area contributed by atoms with Crippen LogP contribution in [0.5, 0.6) is 0 Å². The van der Waals surface area contributed by atoms with Crippen molar-refractivity contribution < 1.29 is 23.9 Å². The first-order chi connectivity index (χ1) is 12.4. The van der Waals surface area contributed by atoms with E-state index >= 15 is 0 Å². The van der Waals surface area contributed by atoms with E-state index < -0.39 is 24.0 Å². The van der Waals surface area contributed by atoms with Crippen molar-refractivity contribution in [3.63, 3.8) is 0 Å². The topological polar surface area (TPSA) is 93.7 Å². The third-order valence-electron chi connectivity index (χ3n) is 3.99. The Bertz CT molecular complexity index is 709. The van der Waals surface area contributed by atoms with Crippen molar-refractivity contribution in [2.75, 3.05) is 13.2 Å². The van der Waals surface area contributed by atoms with Crippen molar-refractivity contribution in [1.82, 2.24) is 10.6 Å². The molecule has 7 heteroatoms. The molecule has 0 spiro atoms. The molecule has 0 fully saturated rings. The monoisotopic (exact) mass is 360 g/mol. The van der Waals surface area contributed by atoms with Gasteiger partial charge in [0.25, 0.3) is 0 Å². The molecular formula is C19H24N2O5. The van der Waals surface area contributed by atoms with Crippen LogP contribution >= 0.6 is 0 Å². The van der Waals surface area contributed by atoms with Crippen LogP contribution in [-0.2, 0) is 25.5 Å². The SMILES string of the molecule is CCOC(=O)C1=C(COC(=O)Cc2ccc(C)cc2)NC(=O)N[C@H]1CC. The van der Waals surface area contributed by atoms with E-state index in [0.29, 0.717) is 6.42 Å². The summed E-state index contributed by atoms with van der Waals surface area (Å²) in [6.45, 7) is 5.54. The van der Waals surface area contributed by atoms with Crippen LogP contribution in [0.1, 0.15) is 31.4 Å². The summed E-state index contributed by atoms with van der Waals surface area (Å²) in [5.41, 5.74) is 2.49. The van der Waals surface area contributed by atoms with Crippen LogP contribution in [0.3, 0.4) is 0 Å². The minimum atomic E-state index is -0.531. The third kappa shape index (κ3) is 5.08.